The van der Waals surface area contributed by atoms with Crippen molar-refractivity contribution in [3.05, 3.63) is 108 Å². The number of ether oxygens (including phenoxy) is 2. The highest BCUT2D eigenvalue weighted by Crippen LogP contribution is 2.45. The molecular weight excluding hydrogens is 395 g/mol. The molecule has 4 atom stereocenters. The van der Waals surface area contributed by atoms with Gasteiger partial charge in [0.25, 0.3) is 0 Å². The van der Waals surface area contributed by atoms with Gasteiger partial charge in [-0.1, -0.05) is 91.0 Å². The van der Waals surface area contributed by atoms with Gasteiger partial charge >= 0.3 is 0 Å². The molecule has 3 aromatic carbocycles. The second kappa shape index (κ2) is 9.28. The third kappa shape index (κ3) is 4.55. The van der Waals surface area contributed by atoms with Gasteiger partial charge in [-0.2, -0.15) is 0 Å². The number of benzene rings is 3. The summed E-state index contributed by atoms with van der Waals surface area (Å²) in [5, 5.41) is 21.6. The highest BCUT2D eigenvalue weighted by Gasteiger charge is 2.63. The molecule has 0 aliphatic carbocycles. The lowest BCUT2D eigenvalue weighted by molar-refractivity contribution is -0.351. The molecule has 3 aromatic rings. The van der Waals surface area contributed by atoms with Crippen molar-refractivity contribution in [3.8, 4) is 0 Å². The molecule has 0 bridgehead atoms. The Morgan fingerprint density at radius 1 is 0.774 bits per heavy atom. The number of aliphatic hydroxyl groups excluding tert-OH is 2. The van der Waals surface area contributed by atoms with Crippen LogP contribution in [0.5, 0.6) is 0 Å². The minimum absolute atomic E-state index is 0.0439. The van der Waals surface area contributed by atoms with Gasteiger partial charge in [0.05, 0.1) is 13.2 Å². The molecule has 4 rings (SSSR count). The van der Waals surface area contributed by atoms with Gasteiger partial charge < -0.3 is 19.7 Å². The van der Waals surface area contributed by atoms with Crippen LogP contribution in [0.25, 0.3) is 0 Å². The van der Waals surface area contributed by atoms with Crippen LogP contribution in [0, 0.1) is 0 Å². The molecule has 1 saturated heterocycles. The maximum absolute atomic E-state index is 16.8. The molecule has 0 aromatic heterocycles. The zero-order valence-electron chi connectivity index (χ0n) is 17.2. The standard InChI is InChI=1S/C26H27FO4/c27-26(17-21-12-6-2-7-13-21)25(24(29)23(28)19-31-26,16-20-10-4-1-5-11-20)30-18-22-14-8-3-9-15-22/h1-15,23-24,28-29H,16-19H2/t23-,24-,25+,26?/m0/s1. The summed E-state index contributed by atoms with van der Waals surface area (Å²) in [4.78, 5) is 0. The molecule has 0 spiro atoms. The summed E-state index contributed by atoms with van der Waals surface area (Å²) in [6.45, 7) is -0.239. The van der Waals surface area contributed by atoms with Gasteiger partial charge in [0.1, 0.15) is 12.2 Å². The lowest BCUT2D eigenvalue weighted by Gasteiger charge is -2.52. The maximum atomic E-state index is 16.8. The minimum Gasteiger partial charge on any atom is -0.388 e. The summed E-state index contributed by atoms with van der Waals surface area (Å²) in [6, 6.07) is 27.8. The van der Waals surface area contributed by atoms with Crippen LogP contribution in [0.1, 0.15) is 16.7 Å². The van der Waals surface area contributed by atoms with Crippen molar-refractivity contribution in [2.75, 3.05) is 6.61 Å². The fraction of sp³-hybridized carbons (Fsp3) is 0.308. The fourth-order valence-electron chi connectivity index (χ4n) is 4.19. The predicted octanol–water partition coefficient (Wildman–Crippen LogP) is 3.85. The normalized spacial score (nSPS) is 28.4. The molecule has 0 saturated carbocycles. The van der Waals surface area contributed by atoms with Gasteiger partial charge in [-0.15, -0.1) is 0 Å². The lowest BCUT2D eigenvalue weighted by Crippen LogP contribution is -2.71. The summed E-state index contributed by atoms with van der Waals surface area (Å²) in [5.41, 5.74) is 0.526. The third-order valence-electron chi connectivity index (χ3n) is 5.88. The Morgan fingerprint density at radius 3 is 1.81 bits per heavy atom. The van der Waals surface area contributed by atoms with Gasteiger partial charge in [0.2, 0.25) is 5.85 Å². The summed E-state index contributed by atoms with van der Waals surface area (Å²) < 4.78 is 28.6. The average Bonchev–Trinajstić information content (AvgIpc) is 2.81. The smallest absolute Gasteiger partial charge is 0.245 e. The number of halogens is 1. The monoisotopic (exact) mass is 422 g/mol. The van der Waals surface area contributed by atoms with Crippen LogP contribution >= 0.6 is 0 Å². The molecule has 162 valence electrons. The number of hydrogen-bond acceptors (Lipinski definition) is 4. The zero-order chi connectivity index (χ0) is 21.7. The van der Waals surface area contributed by atoms with Gasteiger partial charge in [0.15, 0.2) is 5.60 Å². The zero-order valence-corrected chi connectivity index (χ0v) is 17.2. The van der Waals surface area contributed by atoms with Crippen molar-refractivity contribution < 1.29 is 24.1 Å². The number of hydrogen-bond donors (Lipinski definition) is 2. The van der Waals surface area contributed by atoms with Crippen molar-refractivity contribution in [2.45, 2.75) is 43.1 Å². The van der Waals surface area contributed by atoms with E-state index < -0.39 is 23.7 Å². The Morgan fingerprint density at radius 2 is 1.26 bits per heavy atom. The quantitative estimate of drug-likeness (QED) is 0.607. The Hall–Kier alpha value is -2.57. The predicted molar refractivity (Wildman–Crippen MR) is 116 cm³/mol. The largest absolute Gasteiger partial charge is 0.388 e. The van der Waals surface area contributed by atoms with Gasteiger partial charge in [-0.3, -0.25) is 0 Å². The van der Waals surface area contributed by atoms with E-state index in [1.165, 1.54) is 0 Å². The van der Waals surface area contributed by atoms with Crippen LogP contribution in [-0.2, 0) is 28.9 Å². The first kappa shape index (κ1) is 21.7. The van der Waals surface area contributed by atoms with Crippen LogP contribution in [-0.4, -0.2) is 40.5 Å². The first-order valence-corrected chi connectivity index (χ1v) is 10.5. The molecule has 1 unspecified atom stereocenters. The summed E-state index contributed by atoms with van der Waals surface area (Å²) in [6.07, 6.45) is -2.81. The maximum Gasteiger partial charge on any atom is 0.245 e. The Balaban J connectivity index is 1.75. The van der Waals surface area contributed by atoms with Crippen molar-refractivity contribution in [1.29, 1.82) is 0 Å². The molecular formula is C26H27FO4. The molecule has 1 heterocycles. The van der Waals surface area contributed by atoms with E-state index in [9.17, 15) is 10.2 Å². The Labute approximate surface area is 181 Å². The van der Waals surface area contributed by atoms with Crippen LogP contribution in [0.3, 0.4) is 0 Å². The van der Waals surface area contributed by atoms with E-state index in [2.05, 4.69) is 0 Å². The van der Waals surface area contributed by atoms with E-state index >= 15 is 4.39 Å². The van der Waals surface area contributed by atoms with E-state index in [1.807, 2.05) is 91.0 Å². The van der Waals surface area contributed by atoms with E-state index in [0.717, 1.165) is 11.1 Å². The highest BCUT2D eigenvalue weighted by atomic mass is 19.2. The number of alkyl halides is 1. The molecule has 0 amide bonds. The van der Waals surface area contributed by atoms with Crippen molar-refractivity contribution >= 4 is 0 Å². The second-order valence-electron chi connectivity index (χ2n) is 8.04. The molecule has 0 radical (unpaired) electrons. The van der Waals surface area contributed by atoms with Crippen LogP contribution in [0.4, 0.5) is 4.39 Å². The van der Waals surface area contributed by atoms with Gasteiger partial charge in [-0.25, -0.2) is 4.39 Å². The van der Waals surface area contributed by atoms with Gasteiger partial charge in [-0.05, 0) is 16.7 Å². The molecule has 1 fully saturated rings. The number of aliphatic hydroxyl groups is 2. The summed E-state index contributed by atoms with van der Waals surface area (Å²) in [5.74, 6) is -2.35. The molecule has 2 N–H and O–H groups in total. The Bertz CT molecular complexity index is 953. The fourth-order valence-corrected chi connectivity index (χ4v) is 4.19. The van der Waals surface area contributed by atoms with Crippen LogP contribution in [0.15, 0.2) is 91.0 Å². The lowest BCUT2D eigenvalue weighted by atomic mass is 9.75. The first-order chi connectivity index (χ1) is 15.0. The first-order valence-electron chi connectivity index (χ1n) is 10.5. The molecule has 1 aliphatic heterocycles. The van der Waals surface area contributed by atoms with Crippen molar-refractivity contribution in [1.82, 2.24) is 0 Å². The topological polar surface area (TPSA) is 58.9 Å². The van der Waals surface area contributed by atoms with E-state index in [1.54, 1.807) is 0 Å². The molecule has 31 heavy (non-hydrogen) atoms. The van der Waals surface area contributed by atoms with Crippen molar-refractivity contribution in [2.24, 2.45) is 0 Å². The SMILES string of the molecule is O[C@H]1COC(F)(Cc2ccccc2)[C@](Cc2ccccc2)(OCc2ccccc2)[C@H]1O. The van der Waals surface area contributed by atoms with Crippen molar-refractivity contribution in [3.63, 3.8) is 0 Å². The molecule has 1 aliphatic rings. The highest BCUT2D eigenvalue weighted by molar-refractivity contribution is 5.25. The average molecular weight is 422 g/mol. The van der Waals surface area contributed by atoms with Gasteiger partial charge in [0, 0.05) is 12.8 Å². The van der Waals surface area contributed by atoms with E-state index in [4.69, 9.17) is 9.47 Å². The van der Waals surface area contributed by atoms with Crippen LogP contribution in [0.2, 0.25) is 0 Å². The summed E-state index contributed by atoms with van der Waals surface area (Å²) >= 11 is 0. The summed E-state index contributed by atoms with van der Waals surface area (Å²) in [7, 11) is 0. The van der Waals surface area contributed by atoms with Crippen LogP contribution < -0.4 is 0 Å². The number of rotatable bonds is 7. The Kier molecular flexibility index (Phi) is 6.49. The third-order valence-corrected chi connectivity index (χ3v) is 5.88. The molecule has 5 heteroatoms. The minimum atomic E-state index is -2.35. The van der Waals surface area contributed by atoms with E-state index in [0.29, 0.717) is 5.56 Å². The second-order valence-corrected chi connectivity index (χ2v) is 8.04. The molecule has 4 nitrogen and oxygen atoms in total. The van der Waals surface area contributed by atoms with E-state index in [-0.39, 0.29) is 26.1 Å².